The van der Waals surface area contributed by atoms with Gasteiger partial charge in [-0.05, 0) is 26.0 Å². The molecule has 0 saturated heterocycles. The van der Waals surface area contributed by atoms with E-state index in [1.54, 1.807) is 43.0 Å². The zero-order valence-electron chi connectivity index (χ0n) is 13.6. The molecule has 3 rings (SSSR count). The molecule has 0 aliphatic rings. The Labute approximate surface area is 153 Å². The Balaban J connectivity index is 2.10. The third-order valence-corrected chi connectivity index (χ3v) is 4.48. The van der Waals surface area contributed by atoms with Crippen molar-refractivity contribution in [3.05, 3.63) is 56.2 Å². The van der Waals surface area contributed by atoms with Crippen molar-refractivity contribution in [1.82, 2.24) is 19.3 Å². The summed E-state index contributed by atoms with van der Waals surface area (Å²) < 4.78 is 8.49. The van der Waals surface area contributed by atoms with E-state index in [-0.39, 0.29) is 27.3 Å². The van der Waals surface area contributed by atoms with Gasteiger partial charge in [0.25, 0.3) is 5.56 Å². The Bertz CT molecular complexity index is 1030. The molecule has 9 heteroatoms. The summed E-state index contributed by atoms with van der Waals surface area (Å²) in [6, 6.07) is 4.87. The molecule has 0 unspecified atom stereocenters. The monoisotopic (exact) mass is 380 g/mol. The summed E-state index contributed by atoms with van der Waals surface area (Å²) in [7, 11) is 1.76. The highest BCUT2D eigenvalue weighted by Crippen LogP contribution is 2.38. The van der Waals surface area contributed by atoms with Crippen molar-refractivity contribution in [2.75, 3.05) is 0 Å². The van der Waals surface area contributed by atoms with Crippen LogP contribution < -0.4 is 10.3 Å². The SMILES string of the molecule is Cc1c(O)nc(C)n(-c2ccc(Oc3ccn(C)n3)c(Cl)c2Cl)c1=O. The summed E-state index contributed by atoms with van der Waals surface area (Å²) in [6.45, 7) is 3.07. The third kappa shape index (κ3) is 3.08. The molecule has 25 heavy (non-hydrogen) atoms. The molecule has 0 radical (unpaired) electrons. The van der Waals surface area contributed by atoms with Crippen LogP contribution >= 0.6 is 23.2 Å². The first-order chi connectivity index (χ1) is 11.8. The second kappa shape index (κ2) is 6.42. The van der Waals surface area contributed by atoms with Crippen LogP contribution in [-0.2, 0) is 7.05 Å². The lowest BCUT2D eigenvalue weighted by Gasteiger charge is -2.15. The summed E-state index contributed by atoms with van der Waals surface area (Å²) in [5.41, 5.74) is 0.0334. The molecule has 0 bridgehead atoms. The maximum absolute atomic E-state index is 12.5. The first-order valence-corrected chi connectivity index (χ1v) is 8.00. The van der Waals surface area contributed by atoms with Crippen molar-refractivity contribution in [1.29, 1.82) is 0 Å². The van der Waals surface area contributed by atoms with Gasteiger partial charge < -0.3 is 9.84 Å². The lowest BCUT2D eigenvalue weighted by Crippen LogP contribution is -2.24. The van der Waals surface area contributed by atoms with Crippen LogP contribution in [0.1, 0.15) is 11.4 Å². The zero-order chi connectivity index (χ0) is 18.3. The van der Waals surface area contributed by atoms with Crippen LogP contribution in [0.25, 0.3) is 5.69 Å². The van der Waals surface area contributed by atoms with E-state index in [4.69, 9.17) is 27.9 Å². The molecule has 7 nitrogen and oxygen atoms in total. The minimum atomic E-state index is -0.429. The summed E-state index contributed by atoms with van der Waals surface area (Å²) >= 11 is 12.7. The Kier molecular flexibility index (Phi) is 4.45. The van der Waals surface area contributed by atoms with E-state index in [1.165, 1.54) is 11.5 Å². The Morgan fingerprint density at radius 1 is 1.16 bits per heavy atom. The smallest absolute Gasteiger partial charge is 0.264 e. The van der Waals surface area contributed by atoms with E-state index in [0.717, 1.165) is 0 Å². The van der Waals surface area contributed by atoms with Crippen molar-refractivity contribution in [3.63, 3.8) is 0 Å². The summed E-state index contributed by atoms with van der Waals surface area (Å²) in [6.07, 6.45) is 1.73. The van der Waals surface area contributed by atoms with Gasteiger partial charge in [-0.2, -0.15) is 4.98 Å². The van der Waals surface area contributed by atoms with Gasteiger partial charge in [-0.1, -0.05) is 23.2 Å². The fraction of sp³-hybridized carbons (Fsp3) is 0.188. The average molecular weight is 381 g/mol. The van der Waals surface area contributed by atoms with Crippen molar-refractivity contribution in [2.24, 2.45) is 7.05 Å². The highest BCUT2D eigenvalue weighted by molar-refractivity contribution is 6.44. The normalized spacial score (nSPS) is 10.9. The average Bonchev–Trinajstić information content (AvgIpc) is 2.97. The molecule has 0 aliphatic carbocycles. The highest BCUT2D eigenvalue weighted by atomic mass is 35.5. The van der Waals surface area contributed by atoms with E-state index in [0.29, 0.717) is 17.3 Å². The van der Waals surface area contributed by atoms with E-state index in [1.807, 2.05) is 0 Å². The molecular formula is C16H14Cl2N4O3. The van der Waals surface area contributed by atoms with Crippen molar-refractivity contribution in [3.8, 4) is 23.2 Å². The Morgan fingerprint density at radius 3 is 2.52 bits per heavy atom. The van der Waals surface area contributed by atoms with E-state index in [9.17, 15) is 9.90 Å². The summed E-state index contributed by atoms with van der Waals surface area (Å²) in [4.78, 5) is 16.4. The number of aromatic nitrogens is 4. The second-order valence-corrected chi connectivity index (χ2v) is 6.14. The van der Waals surface area contributed by atoms with Gasteiger partial charge in [0.05, 0.1) is 16.3 Å². The van der Waals surface area contributed by atoms with Crippen LogP contribution in [-0.4, -0.2) is 24.4 Å². The minimum absolute atomic E-state index is 0.117. The Morgan fingerprint density at radius 2 is 1.88 bits per heavy atom. The largest absolute Gasteiger partial charge is 0.493 e. The number of hydrogen-bond acceptors (Lipinski definition) is 5. The number of halogens is 2. The third-order valence-electron chi connectivity index (χ3n) is 3.62. The fourth-order valence-electron chi connectivity index (χ4n) is 2.32. The van der Waals surface area contributed by atoms with Crippen LogP contribution in [0.4, 0.5) is 0 Å². The number of benzene rings is 1. The summed E-state index contributed by atoms with van der Waals surface area (Å²) in [5.74, 6) is 0.646. The summed E-state index contributed by atoms with van der Waals surface area (Å²) in [5, 5.41) is 14.1. The molecular weight excluding hydrogens is 367 g/mol. The van der Waals surface area contributed by atoms with Gasteiger partial charge in [-0.25, -0.2) is 0 Å². The molecule has 130 valence electrons. The topological polar surface area (TPSA) is 82.2 Å². The number of aromatic hydroxyl groups is 1. The van der Waals surface area contributed by atoms with Gasteiger partial charge in [0.2, 0.25) is 11.8 Å². The molecule has 2 heterocycles. The van der Waals surface area contributed by atoms with Crippen molar-refractivity contribution >= 4 is 23.2 Å². The molecule has 3 aromatic rings. The van der Waals surface area contributed by atoms with Gasteiger partial charge in [0.15, 0.2) is 0 Å². The van der Waals surface area contributed by atoms with Crippen LogP contribution in [0.15, 0.2) is 29.2 Å². The number of nitrogens with zero attached hydrogens (tertiary/aromatic N) is 4. The van der Waals surface area contributed by atoms with Crippen LogP contribution in [0.5, 0.6) is 17.5 Å². The molecule has 0 fully saturated rings. The predicted octanol–water partition coefficient (Wildman–Crippen LogP) is 3.39. The predicted molar refractivity (Wildman–Crippen MR) is 94.3 cm³/mol. The lowest BCUT2D eigenvalue weighted by molar-refractivity contribution is 0.441. The molecule has 0 atom stereocenters. The lowest BCUT2D eigenvalue weighted by atomic mass is 10.2. The molecule has 1 N–H and O–H groups in total. The van der Waals surface area contributed by atoms with Gasteiger partial charge >= 0.3 is 0 Å². The highest BCUT2D eigenvalue weighted by Gasteiger charge is 2.18. The molecule has 0 spiro atoms. The number of rotatable bonds is 3. The van der Waals surface area contributed by atoms with E-state index >= 15 is 0 Å². The number of aryl methyl sites for hydroxylation is 2. The molecule has 1 aromatic carbocycles. The van der Waals surface area contributed by atoms with Gasteiger partial charge in [0.1, 0.15) is 16.6 Å². The Hall–Kier alpha value is -2.51. The minimum Gasteiger partial charge on any atom is -0.493 e. The van der Waals surface area contributed by atoms with Gasteiger partial charge in [-0.15, -0.1) is 5.10 Å². The number of hydrogen-bond donors (Lipinski definition) is 1. The first-order valence-electron chi connectivity index (χ1n) is 7.24. The standard InChI is InChI=1S/C16H14Cl2N4O3/c1-8-15(23)19-9(2)22(16(8)24)10-4-5-11(14(18)13(10)17)25-12-6-7-21(3)20-12/h4-7,23H,1-3H3. The maximum Gasteiger partial charge on any atom is 0.264 e. The number of ether oxygens (including phenoxy) is 1. The molecule has 0 amide bonds. The van der Waals surface area contributed by atoms with Crippen LogP contribution in [0, 0.1) is 13.8 Å². The van der Waals surface area contributed by atoms with Crippen LogP contribution in [0.2, 0.25) is 10.0 Å². The molecule has 0 aliphatic heterocycles. The quantitative estimate of drug-likeness (QED) is 0.752. The van der Waals surface area contributed by atoms with Gasteiger partial charge in [-0.3, -0.25) is 14.0 Å². The van der Waals surface area contributed by atoms with Crippen molar-refractivity contribution < 1.29 is 9.84 Å². The second-order valence-electron chi connectivity index (χ2n) is 5.39. The van der Waals surface area contributed by atoms with Crippen LogP contribution in [0.3, 0.4) is 0 Å². The molecule has 0 saturated carbocycles. The fourth-order valence-corrected chi connectivity index (χ4v) is 2.75. The van der Waals surface area contributed by atoms with E-state index in [2.05, 4.69) is 10.1 Å². The zero-order valence-corrected chi connectivity index (χ0v) is 15.1. The van der Waals surface area contributed by atoms with Crippen molar-refractivity contribution in [2.45, 2.75) is 13.8 Å². The van der Waals surface area contributed by atoms with Gasteiger partial charge in [0, 0.05) is 19.3 Å². The maximum atomic E-state index is 12.5. The first kappa shape index (κ1) is 17.3. The molecule has 2 aromatic heterocycles. The van der Waals surface area contributed by atoms with E-state index < -0.39 is 5.56 Å².